The Morgan fingerprint density at radius 3 is 2.22 bits per heavy atom. The van der Waals surface area contributed by atoms with Crippen molar-refractivity contribution in [2.45, 2.75) is 20.0 Å². The molecule has 9 heavy (non-hydrogen) atoms. The second-order valence-electron chi connectivity index (χ2n) is 2.72. The Kier molecular flexibility index (Phi) is 2.86. The van der Waals surface area contributed by atoms with Crippen molar-refractivity contribution in [2.24, 2.45) is 0 Å². The van der Waals surface area contributed by atoms with Crippen molar-refractivity contribution in [1.82, 2.24) is 5.32 Å². The van der Waals surface area contributed by atoms with Gasteiger partial charge in [0.25, 0.3) is 0 Å². The van der Waals surface area contributed by atoms with Crippen molar-refractivity contribution in [3.05, 3.63) is 0 Å². The lowest BCUT2D eigenvalue weighted by Gasteiger charge is -2.12. The molecule has 54 valence electrons. The first kappa shape index (κ1) is 8.65. The zero-order valence-electron chi connectivity index (χ0n) is 6.06. The fourth-order valence-electron chi connectivity index (χ4n) is 0.341. The molecule has 0 fully saturated rings. The van der Waals surface area contributed by atoms with E-state index < -0.39 is 8.32 Å². The highest BCUT2D eigenvalue weighted by Crippen LogP contribution is 1.90. The van der Waals surface area contributed by atoms with E-state index in [1.165, 1.54) is 6.92 Å². The van der Waals surface area contributed by atoms with Gasteiger partial charge in [-0.05, 0) is 13.1 Å². The Labute approximate surface area is 56.2 Å². The molecule has 0 rings (SSSR count). The number of amides is 1. The molecule has 0 aliphatic rings. The average Bonchev–Trinajstić information content (AvgIpc) is 1.59. The molecule has 0 aliphatic carbocycles. The number of rotatable bonds is 2. The maximum absolute atomic E-state index is 10.3. The van der Waals surface area contributed by atoms with E-state index in [4.69, 9.17) is 0 Å². The highest BCUT2D eigenvalue weighted by molar-refractivity contribution is 6.70. The first-order chi connectivity index (χ1) is 3.92. The summed E-state index contributed by atoms with van der Waals surface area (Å²) in [5, 5.41) is 2.56. The van der Waals surface area contributed by atoms with Gasteiger partial charge in [-0.3, -0.25) is 4.79 Å². The lowest BCUT2D eigenvalue weighted by molar-refractivity contribution is -0.118. The quantitative estimate of drug-likeness (QED) is 0.534. The predicted molar refractivity (Wildman–Crippen MR) is 38.4 cm³/mol. The van der Waals surface area contributed by atoms with Gasteiger partial charge in [0.05, 0.1) is 0 Å². The van der Waals surface area contributed by atoms with Crippen molar-refractivity contribution in [1.29, 1.82) is 0 Å². The van der Waals surface area contributed by atoms with Crippen molar-refractivity contribution < 1.29 is 9.59 Å². The number of hydrogen-bond donors (Lipinski definition) is 2. The van der Waals surface area contributed by atoms with Gasteiger partial charge in [0, 0.05) is 13.1 Å². The number of carbonyl (C=O) groups excluding carboxylic acids is 1. The minimum Gasteiger partial charge on any atom is -0.431 e. The number of hydrogen-bond acceptors (Lipinski definition) is 2. The molecule has 0 aromatic carbocycles. The molecule has 2 N–H and O–H groups in total. The van der Waals surface area contributed by atoms with E-state index in [1.54, 1.807) is 13.1 Å². The van der Waals surface area contributed by atoms with Crippen LogP contribution < -0.4 is 5.32 Å². The van der Waals surface area contributed by atoms with Gasteiger partial charge < -0.3 is 10.1 Å². The minimum absolute atomic E-state index is 0.0791. The molecule has 0 atom stereocenters. The molecular weight excluding hydrogens is 134 g/mol. The van der Waals surface area contributed by atoms with Gasteiger partial charge in [-0.2, -0.15) is 0 Å². The van der Waals surface area contributed by atoms with Crippen LogP contribution in [-0.2, 0) is 4.79 Å². The Morgan fingerprint density at radius 1 is 1.67 bits per heavy atom. The molecule has 4 heteroatoms. The van der Waals surface area contributed by atoms with E-state index >= 15 is 0 Å². The van der Waals surface area contributed by atoms with Crippen LogP contribution in [0.3, 0.4) is 0 Å². The van der Waals surface area contributed by atoms with Crippen LogP contribution in [0.5, 0.6) is 0 Å². The smallest absolute Gasteiger partial charge is 0.216 e. The topological polar surface area (TPSA) is 49.3 Å². The highest BCUT2D eigenvalue weighted by Gasteiger charge is 2.15. The van der Waals surface area contributed by atoms with Gasteiger partial charge in [0.15, 0.2) is 0 Å². The third kappa shape index (κ3) is 7.65. The monoisotopic (exact) mass is 147 g/mol. The third-order valence-electron chi connectivity index (χ3n) is 0.770. The first-order valence-electron chi connectivity index (χ1n) is 2.88. The summed E-state index contributed by atoms with van der Waals surface area (Å²) in [6, 6.07) is 0. The summed E-state index contributed by atoms with van der Waals surface area (Å²) in [7, 11) is -2.05. The van der Waals surface area contributed by atoms with Gasteiger partial charge in [-0.15, -0.1) is 0 Å². The second kappa shape index (κ2) is 2.98. The minimum atomic E-state index is -2.05. The summed E-state index contributed by atoms with van der Waals surface area (Å²) in [4.78, 5) is 19.5. The van der Waals surface area contributed by atoms with E-state index in [0.717, 1.165) is 0 Å². The van der Waals surface area contributed by atoms with Crippen molar-refractivity contribution >= 4 is 14.2 Å². The van der Waals surface area contributed by atoms with Gasteiger partial charge >= 0.3 is 0 Å². The molecule has 0 saturated heterocycles. The Hall–Kier alpha value is -0.353. The molecule has 0 bridgehead atoms. The van der Waals surface area contributed by atoms with Crippen molar-refractivity contribution in [2.75, 3.05) is 6.17 Å². The van der Waals surface area contributed by atoms with E-state index in [2.05, 4.69) is 5.32 Å². The van der Waals surface area contributed by atoms with Crippen LogP contribution in [0.25, 0.3) is 0 Å². The van der Waals surface area contributed by atoms with Gasteiger partial charge in [0.2, 0.25) is 14.2 Å². The number of nitrogens with one attached hydrogen (secondary N) is 1. The molecule has 0 aliphatic heterocycles. The maximum atomic E-state index is 10.3. The lowest BCUT2D eigenvalue weighted by Crippen LogP contribution is -2.41. The Bertz CT molecular complexity index is 108. The molecule has 0 spiro atoms. The van der Waals surface area contributed by atoms with Crippen molar-refractivity contribution in [3.8, 4) is 0 Å². The van der Waals surface area contributed by atoms with Gasteiger partial charge in [-0.25, -0.2) is 0 Å². The Morgan fingerprint density at radius 2 is 2.11 bits per heavy atom. The summed E-state index contributed by atoms with van der Waals surface area (Å²) < 4.78 is 0. The maximum Gasteiger partial charge on any atom is 0.216 e. The van der Waals surface area contributed by atoms with Crippen LogP contribution in [0.1, 0.15) is 6.92 Å². The Balaban J connectivity index is 3.39. The number of carbonyl (C=O) groups is 1. The zero-order chi connectivity index (χ0) is 7.49. The summed E-state index contributed by atoms with van der Waals surface area (Å²) in [6.45, 7) is 5.01. The molecule has 1 amide bonds. The van der Waals surface area contributed by atoms with Crippen LogP contribution in [0.4, 0.5) is 0 Å². The van der Waals surface area contributed by atoms with Gasteiger partial charge in [-0.1, -0.05) is 0 Å². The SMILES string of the molecule is CC(=O)NC[Si](C)(C)O. The van der Waals surface area contributed by atoms with E-state index in [0.29, 0.717) is 6.17 Å². The molecular formula is C5H13NO2Si. The zero-order valence-corrected chi connectivity index (χ0v) is 7.06. The summed E-state index contributed by atoms with van der Waals surface area (Å²) in [5.74, 6) is -0.0791. The lowest BCUT2D eigenvalue weighted by atomic mass is 10.7. The van der Waals surface area contributed by atoms with Crippen LogP contribution in [0.15, 0.2) is 0 Å². The second-order valence-corrected chi connectivity index (χ2v) is 6.70. The van der Waals surface area contributed by atoms with Crippen molar-refractivity contribution in [3.63, 3.8) is 0 Å². The summed E-state index contributed by atoms with van der Waals surface area (Å²) in [6.07, 6.45) is 0.447. The molecule has 3 nitrogen and oxygen atoms in total. The van der Waals surface area contributed by atoms with E-state index in [-0.39, 0.29) is 5.91 Å². The van der Waals surface area contributed by atoms with E-state index in [9.17, 15) is 9.59 Å². The molecule has 0 radical (unpaired) electrons. The molecule has 0 saturated carbocycles. The standard InChI is InChI=1S/C5H13NO2Si/c1-5(7)6-4-9(2,3)8/h8H,4H2,1-3H3,(H,6,7). The van der Waals surface area contributed by atoms with Crippen LogP contribution in [0.2, 0.25) is 13.1 Å². The fraction of sp³-hybridized carbons (Fsp3) is 0.800. The van der Waals surface area contributed by atoms with E-state index in [1.807, 2.05) is 0 Å². The van der Waals surface area contributed by atoms with Gasteiger partial charge in [0.1, 0.15) is 0 Å². The first-order valence-corrected chi connectivity index (χ1v) is 6.04. The third-order valence-corrected chi connectivity index (χ3v) is 1.81. The molecule has 0 aromatic heterocycles. The summed E-state index contributed by atoms with van der Waals surface area (Å²) >= 11 is 0. The largest absolute Gasteiger partial charge is 0.431 e. The predicted octanol–water partition coefficient (Wildman–Crippen LogP) is -0.141. The average molecular weight is 147 g/mol. The summed E-state index contributed by atoms with van der Waals surface area (Å²) in [5.41, 5.74) is 0. The highest BCUT2D eigenvalue weighted by atomic mass is 28.4. The molecule has 0 aromatic rings. The van der Waals surface area contributed by atoms with Crippen LogP contribution in [-0.4, -0.2) is 25.2 Å². The molecule has 0 heterocycles. The van der Waals surface area contributed by atoms with Crippen LogP contribution >= 0.6 is 0 Å². The molecule has 0 unspecified atom stereocenters. The normalized spacial score (nSPS) is 11.1. The van der Waals surface area contributed by atoms with Crippen LogP contribution in [0, 0.1) is 0 Å². The fourth-order valence-corrected chi connectivity index (χ4v) is 1.02.